The van der Waals surface area contributed by atoms with Gasteiger partial charge >= 0.3 is 5.97 Å². The molecule has 0 aromatic rings. The van der Waals surface area contributed by atoms with Gasteiger partial charge in [0.25, 0.3) is 0 Å². The molecule has 0 aliphatic carbocycles. The SMILES string of the molecule is CCCCCCCCCCCC[C@H](O)[C@@H]1CC[C@H]([C@H](O)CCCC[C@@H](O)CCCCC[C@@H](O)CC2=C[C@H](C)OC2=O)O1. The van der Waals surface area contributed by atoms with Crippen molar-refractivity contribution in [3.63, 3.8) is 0 Å². The van der Waals surface area contributed by atoms with E-state index in [1.807, 2.05) is 6.92 Å². The molecule has 0 radical (unpaired) electrons. The Kier molecular flexibility index (Phi) is 19.9. The largest absolute Gasteiger partial charge is 0.455 e. The lowest BCUT2D eigenvalue weighted by molar-refractivity contribution is -0.139. The Morgan fingerprint density at radius 3 is 1.62 bits per heavy atom. The number of aliphatic hydroxyl groups is 4. The number of carbonyl (C=O) groups excluding carboxylic acids is 1. The molecule has 0 unspecified atom stereocenters. The van der Waals surface area contributed by atoms with Gasteiger partial charge < -0.3 is 29.9 Å². The Bertz CT molecular complexity index is 726. The van der Waals surface area contributed by atoms with Gasteiger partial charge in [0.15, 0.2) is 0 Å². The summed E-state index contributed by atoms with van der Waals surface area (Å²) in [7, 11) is 0. The molecule has 2 aliphatic heterocycles. The van der Waals surface area contributed by atoms with E-state index in [-0.39, 0.29) is 30.4 Å². The van der Waals surface area contributed by atoms with Gasteiger partial charge in [0.05, 0.1) is 36.6 Å². The maximum absolute atomic E-state index is 11.6. The summed E-state index contributed by atoms with van der Waals surface area (Å²) in [5, 5.41) is 41.7. The van der Waals surface area contributed by atoms with Crippen molar-refractivity contribution in [1.82, 2.24) is 0 Å². The van der Waals surface area contributed by atoms with Crippen LogP contribution in [0.1, 0.15) is 162 Å². The van der Waals surface area contributed by atoms with Crippen LogP contribution in [0.4, 0.5) is 0 Å². The summed E-state index contributed by atoms with van der Waals surface area (Å²) in [6.07, 6.45) is 22.4. The highest BCUT2D eigenvalue weighted by Gasteiger charge is 2.34. The number of hydrogen-bond donors (Lipinski definition) is 4. The second-order valence-corrected chi connectivity index (χ2v) is 13.1. The average Bonchev–Trinajstić information content (AvgIpc) is 3.58. The molecule has 2 heterocycles. The van der Waals surface area contributed by atoms with Crippen LogP contribution in [0.2, 0.25) is 0 Å². The van der Waals surface area contributed by atoms with Crippen molar-refractivity contribution >= 4 is 5.97 Å². The maximum atomic E-state index is 11.6. The molecule has 7 nitrogen and oxygen atoms in total. The van der Waals surface area contributed by atoms with Gasteiger partial charge in [-0.2, -0.15) is 0 Å². The quantitative estimate of drug-likeness (QED) is 0.0624. The first-order valence-electron chi connectivity index (χ1n) is 17.6. The minimum absolute atomic E-state index is 0.147. The van der Waals surface area contributed by atoms with E-state index >= 15 is 0 Å². The van der Waals surface area contributed by atoms with Gasteiger partial charge in [-0.15, -0.1) is 0 Å². The van der Waals surface area contributed by atoms with Crippen molar-refractivity contribution in [2.75, 3.05) is 0 Å². The molecule has 7 atom stereocenters. The van der Waals surface area contributed by atoms with Crippen molar-refractivity contribution in [3.05, 3.63) is 11.6 Å². The molecule has 1 saturated heterocycles. The number of ether oxygens (including phenoxy) is 2. The zero-order valence-electron chi connectivity index (χ0n) is 26.9. The highest BCUT2D eigenvalue weighted by molar-refractivity contribution is 5.90. The molecule has 4 N–H and O–H groups in total. The van der Waals surface area contributed by atoms with Crippen molar-refractivity contribution < 1.29 is 34.7 Å². The summed E-state index contributed by atoms with van der Waals surface area (Å²) in [5.74, 6) is -0.314. The molecular weight excluding hydrogens is 532 g/mol. The first-order valence-corrected chi connectivity index (χ1v) is 17.6. The van der Waals surface area contributed by atoms with Crippen LogP contribution < -0.4 is 0 Å². The van der Waals surface area contributed by atoms with Gasteiger partial charge in [-0.05, 0) is 57.9 Å². The minimum Gasteiger partial charge on any atom is -0.455 e. The van der Waals surface area contributed by atoms with Crippen molar-refractivity contribution in [1.29, 1.82) is 0 Å². The summed E-state index contributed by atoms with van der Waals surface area (Å²) in [6, 6.07) is 0. The molecule has 2 aliphatic rings. The van der Waals surface area contributed by atoms with E-state index in [2.05, 4.69) is 6.92 Å². The number of unbranched alkanes of at least 4 members (excludes halogenated alkanes) is 12. The number of rotatable bonds is 26. The van der Waals surface area contributed by atoms with E-state index in [4.69, 9.17) is 9.47 Å². The van der Waals surface area contributed by atoms with E-state index in [1.165, 1.54) is 57.8 Å². The summed E-state index contributed by atoms with van der Waals surface area (Å²) in [6.45, 7) is 4.07. The summed E-state index contributed by atoms with van der Waals surface area (Å²) in [4.78, 5) is 11.6. The smallest absolute Gasteiger partial charge is 0.334 e. The number of aliphatic hydroxyl groups excluding tert-OH is 4. The Morgan fingerprint density at radius 2 is 1.10 bits per heavy atom. The highest BCUT2D eigenvalue weighted by atomic mass is 16.5. The van der Waals surface area contributed by atoms with E-state index in [1.54, 1.807) is 6.08 Å². The molecule has 0 aromatic heterocycles. The number of hydrogen-bond acceptors (Lipinski definition) is 7. The van der Waals surface area contributed by atoms with Crippen molar-refractivity contribution in [2.45, 2.75) is 204 Å². The summed E-state index contributed by atoms with van der Waals surface area (Å²) >= 11 is 0. The first kappa shape index (κ1) is 37.2. The number of carbonyl (C=O) groups is 1. The zero-order chi connectivity index (χ0) is 30.6. The van der Waals surface area contributed by atoms with Gasteiger partial charge in [0.1, 0.15) is 6.10 Å². The summed E-state index contributed by atoms with van der Waals surface area (Å²) < 4.78 is 11.1. The normalized spacial score (nSPS) is 23.5. The molecule has 246 valence electrons. The Hall–Kier alpha value is -0.990. The van der Waals surface area contributed by atoms with Crippen LogP contribution in [0.25, 0.3) is 0 Å². The third-order valence-electron chi connectivity index (χ3n) is 9.11. The van der Waals surface area contributed by atoms with Gasteiger partial charge in [-0.3, -0.25) is 0 Å². The molecule has 0 aromatic carbocycles. The van der Waals surface area contributed by atoms with Crippen LogP contribution in [0.3, 0.4) is 0 Å². The predicted molar refractivity (Wildman–Crippen MR) is 168 cm³/mol. The molecule has 42 heavy (non-hydrogen) atoms. The monoisotopic (exact) mass is 596 g/mol. The number of esters is 1. The lowest BCUT2D eigenvalue weighted by Crippen LogP contribution is -2.31. The topological polar surface area (TPSA) is 116 Å². The van der Waals surface area contributed by atoms with Gasteiger partial charge in [-0.25, -0.2) is 4.79 Å². The van der Waals surface area contributed by atoms with Crippen LogP contribution in [0, 0.1) is 0 Å². The standard InChI is InChI=1S/C35H64O7/c1-3-4-5-6-7-8-9-10-11-15-21-31(38)33-23-24-34(42-33)32(39)22-17-16-19-29(36)18-13-12-14-20-30(37)26-28-25-27(2)41-35(28)40/h25,27,29-34,36-39H,3-24,26H2,1-2H3/t27-,29-,30+,31-,32+,33-,34+/m0/s1. The minimum atomic E-state index is -0.530. The fourth-order valence-electron chi connectivity index (χ4n) is 6.42. The van der Waals surface area contributed by atoms with E-state index in [0.717, 1.165) is 70.6 Å². The van der Waals surface area contributed by atoms with Gasteiger partial charge in [0, 0.05) is 12.0 Å². The van der Waals surface area contributed by atoms with E-state index < -0.39 is 18.3 Å². The molecule has 7 heteroatoms. The molecule has 2 rings (SSSR count). The number of cyclic esters (lactones) is 1. The molecule has 0 bridgehead atoms. The fraction of sp³-hybridized carbons (Fsp3) is 0.914. The summed E-state index contributed by atoms with van der Waals surface area (Å²) in [5.41, 5.74) is 0.576. The maximum Gasteiger partial charge on any atom is 0.334 e. The van der Waals surface area contributed by atoms with Crippen LogP contribution in [-0.4, -0.2) is 69.1 Å². The van der Waals surface area contributed by atoms with E-state index in [9.17, 15) is 25.2 Å². The third-order valence-corrected chi connectivity index (χ3v) is 9.11. The van der Waals surface area contributed by atoms with Crippen LogP contribution >= 0.6 is 0 Å². The van der Waals surface area contributed by atoms with E-state index in [0.29, 0.717) is 24.8 Å². The van der Waals surface area contributed by atoms with Crippen molar-refractivity contribution in [2.24, 2.45) is 0 Å². The lowest BCUT2D eigenvalue weighted by atomic mass is 9.99. The second kappa shape index (κ2) is 22.5. The van der Waals surface area contributed by atoms with Crippen LogP contribution in [0.5, 0.6) is 0 Å². The third kappa shape index (κ3) is 16.2. The average molecular weight is 597 g/mol. The molecule has 0 saturated carbocycles. The molecule has 0 amide bonds. The fourth-order valence-corrected chi connectivity index (χ4v) is 6.42. The predicted octanol–water partition coefficient (Wildman–Crippen LogP) is 7.06. The molecule has 0 spiro atoms. The van der Waals surface area contributed by atoms with Gasteiger partial charge in [0.2, 0.25) is 0 Å². The van der Waals surface area contributed by atoms with Crippen LogP contribution in [-0.2, 0) is 14.3 Å². The Balaban J connectivity index is 1.41. The van der Waals surface area contributed by atoms with Crippen molar-refractivity contribution in [3.8, 4) is 0 Å². The Morgan fingerprint density at radius 1 is 0.667 bits per heavy atom. The highest BCUT2D eigenvalue weighted by Crippen LogP contribution is 2.28. The molecular formula is C35H64O7. The Labute approximate surface area is 256 Å². The van der Waals surface area contributed by atoms with Gasteiger partial charge in [-0.1, -0.05) is 103 Å². The van der Waals surface area contributed by atoms with Crippen LogP contribution in [0.15, 0.2) is 11.6 Å². The zero-order valence-corrected chi connectivity index (χ0v) is 26.9. The first-order chi connectivity index (χ1) is 20.3. The second-order valence-electron chi connectivity index (χ2n) is 13.1. The molecule has 1 fully saturated rings. The lowest BCUT2D eigenvalue weighted by Gasteiger charge is -2.22.